The lowest BCUT2D eigenvalue weighted by Crippen LogP contribution is -2.53. The first-order valence-corrected chi connectivity index (χ1v) is 13.8. The summed E-state index contributed by atoms with van der Waals surface area (Å²) < 4.78 is 39.9. The van der Waals surface area contributed by atoms with Crippen LogP contribution >= 0.6 is 0 Å². The van der Waals surface area contributed by atoms with Gasteiger partial charge in [-0.25, -0.2) is 12.8 Å². The lowest BCUT2D eigenvalue weighted by molar-refractivity contribution is -0.140. The van der Waals surface area contributed by atoms with Crippen LogP contribution in [0.5, 0.6) is 0 Å². The Morgan fingerprint density at radius 2 is 1.80 bits per heavy atom. The van der Waals surface area contributed by atoms with Crippen molar-refractivity contribution < 1.29 is 22.4 Å². The smallest absolute Gasteiger partial charge is 0.244 e. The number of anilines is 1. The summed E-state index contributed by atoms with van der Waals surface area (Å²) in [6.45, 7) is 3.38. The average molecular weight is 504 g/mol. The standard InChI is InChI=1S/C26H34FN3O4S/c1-4-24(26(32)28-22-12-5-6-13-22)29(17-20-10-7-9-19(2)15-20)25(31)18-30(35(3,33)34)23-14-8-11-21(27)16-23/h7-11,14-16,22,24H,4-6,12-13,17-18H2,1-3H3,(H,28,32). The molecule has 1 N–H and O–H groups in total. The van der Waals surface area contributed by atoms with Crippen LogP contribution < -0.4 is 9.62 Å². The van der Waals surface area contributed by atoms with Gasteiger partial charge in [0.15, 0.2) is 0 Å². The highest BCUT2D eigenvalue weighted by Crippen LogP contribution is 2.22. The number of benzene rings is 2. The fourth-order valence-electron chi connectivity index (χ4n) is 4.54. The highest BCUT2D eigenvalue weighted by Gasteiger charge is 2.33. The Balaban J connectivity index is 1.92. The maximum atomic E-state index is 13.8. The zero-order valence-electron chi connectivity index (χ0n) is 20.5. The molecule has 190 valence electrons. The van der Waals surface area contributed by atoms with Crippen molar-refractivity contribution in [2.45, 2.75) is 64.6 Å². The summed E-state index contributed by atoms with van der Waals surface area (Å²) in [7, 11) is -3.90. The number of rotatable bonds is 10. The van der Waals surface area contributed by atoms with Gasteiger partial charge in [-0.3, -0.25) is 13.9 Å². The van der Waals surface area contributed by atoms with Gasteiger partial charge in [-0.2, -0.15) is 0 Å². The quantitative estimate of drug-likeness (QED) is 0.535. The molecular formula is C26H34FN3O4S. The van der Waals surface area contributed by atoms with Crippen LogP contribution in [-0.2, 0) is 26.2 Å². The van der Waals surface area contributed by atoms with Crippen LogP contribution in [0.2, 0.25) is 0 Å². The zero-order valence-corrected chi connectivity index (χ0v) is 21.4. The summed E-state index contributed by atoms with van der Waals surface area (Å²) in [5, 5.41) is 3.07. The molecule has 2 amide bonds. The minimum atomic E-state index is -3.90. The van der Waals surface area contributed by atoms with E-state index in [1.54, 1.807) is 0 Å². The molecule has 1 aliphatic rings. The number of carbonyl (C=O) groups excluding carboxylic acids is 2. The van der Waals surface area contributed by atoms with Crippen LogP contribution in [-0.4, -0.2) is 50.0 Å². The molecule has 0 saturated heterocycles. The highest BCUT2D eigenvalue weighted by molar-refractivity contribution is 7.92. The summed E-state index contributed by atoms with van der Waals surface area (Å²) in [4.78, 5) is 28.3. The van der Waals surface area contributed by atoms with Crippen LogP contribution in [0, 0.1) is 12.7 Å². The number of halogens is 1. The predicted molar refractivity (Wildman–Crippen MR) is 135 cm³/mol. The topological polar surface area (TPSA) is 86.8 Å². The van der Waals surface area contributed by atoms with Gasteiger partial charge in [0, 0.05) is 12.6 Å². The van der Waals surface area contributed by atoms with Crippen molar-refractivity contribution in [3.05, 3.63) is 65.5 Å². The van der Waals surface area contributed by atoms with E-state index in [1.165, 1.54) is 23.1 Å². The van der Waals surface area contributed by atoms with E-state index in [2.05, 4.69) is 5.32 Å². The number of sulfonamides is 1. The van der Waals surface area contributed by atoms with E-state index < -0.39 is 34.3 Å². The minimum absolute atomic E-state index is 0.0554. The first kappa shape index (κ1) is 26.7. The van der Waals surface area contributed by atoms with E-state index in [-0.39, 0.29) is 24.2 Å². The Hall–Kier alpha value is -2.94. The fourth-order valence-corrected chi connectivity index (χ4v) is 5.38. The van der Waals surface area contributed by atoms with Crippen molar-refractivity contribution >= 4 is 27.5 Å². The van der Waals surface area contributed by atoms with Crippen molar-refractivity contribution in [3.63, 3.8) is 0 Å². The van der Waals surface area contributed by atoms with Crippen LogP contribution in [0.4, 0.5) is 10.1 Å². The molecule has 1 aliphatic carbocycles. The van der Waals surface area contributed by atoms with Crippen molar-refractivity contribution in [2.24, 2.45) is 0 Å². The van der Waals surface area contributed by atoms with Gasteiger partial charge < -0.3 is 10.2 Å². The van der Waals surface area contributed by atoms with E-state index in [0.29, 0.717) is 6.42 Å². The normalized spacial score (nSPS) is 15.0. The molecule has 1 atom stereocenters. The second kappa shape index (κ2) is 11.7. The molecule has 9 heteroatoms. The predicted octanol–water partition coefficient (Wildman–Crippen LogP) is 3.77. The monoisotopic (exact) mass is 503 g/mol. The lowest BCUT2D eigenvalue weighted by atomic mass is 10.1. The Labute approximate surface area is 207 Å². The summed E-state index contributed by atoms with van der Waals surface area (Å²) >= 11 is 0. The van der Waals surface area contributed by atoms with Crippen molar-refractivity contribution in [1.29, 1.82) is 0 Å². The van der Waals surface area contributed by atoms with Gasteiger partial charge in [0.2, 0.25) is 21.8 Å². The maximum absolute atomic E-state index is 13.8. The molecule has 3 rings (SSSR count). The molecule has 2 aromatic rings. The molecule has 1 fully saturated rings. The van der Waals surface area contributed by atoms with E-state index >= 15 is 0 Å². The van der Waals surface area contributed by atoms with Crippen LogP contribution in [0.1, 0.15) is 50.2 Å². The second-order valence-electron chi connectivity index (χ2n) is 9.17. The minimum Gasteiger partial charge on any atom is -0.352 e. The first-order chi connectivity index (χ1) is 16.6. The third-order valence-corrected chi connectivity index (χ3v) is 7.44. The summed E-state index contributed by atoms with van der Waals surface area (Å²) in [6, 6.07) is 12.0. The molecule has 0 radical (unpaired) electrons. The molecular weight excluding hydrogens is 469 g/mol. The molecule has 1 unspecified atom stereocenters. The molecule has 0 aromatic heterocycles. The zero-order chi connectivity index (χ0) is 25.6. The summed E-state index contributed by atoms with van der Waals surface area (Å²) in [5.41, 5.74) is 1.90. The van der Waals surface area contributed by atoms with Gasteiger partial charge >= 0.3 is 0 Å². The van der Waals surface area contributed by atoms with E-state index in [9.17, 15) is 22.4 Å². The fraction of sp³-hybridized carbons (Fsp3) is 0.462. The molecule has 0 heterocycles. The van der Waals surface area contributed by atoms with E-state index in [4.69, 9.17) is 0 Å². The van der Waals surface area contributed by atoms with Gasteiger partial charge in [0.1, 0.15) is 18.4 Å². The number of nitrogens with zero attached hydrogens (tertiary/aromatic N) is 2. The molecule has 2 aromatic carbocycles. The SMILES string of the molecule is CCC(C(=O)NC1CCCC1)N(Cc1cccc(C)c1)C(=O)CN(c1cccc(F)c1)S(C)(=O)=O. The van der Waals surface area contributed by atoms with Gasteiger partial charge in [0.25, 0.3) is 0 Å². The lowest BCUT2D eigenvalue weighted by Gasteiger charge is -2.33. The molecule has 1 saturated carbocycles. The Kier molecular flexibility index (Phi) is 8.88. The number of hydrogen-bond donors (Lipinski definition) is 1. The maximum Gasteiger partial charge on any atom is 0.244 e. The van der Waals surface area contributed by atoms with Crippen molar-refractivity contribution in [2.75, 3.05) is 17.1 Å². The highest BCUT2D eigenvalue weighted by atomic mass is 32.2. The summed E-state index contributed by atoms with van der Waals surface area (Å²) in [6.07, 6.45) is 5.29. The molecule has 7 nitrogen and oxygen atoms in total. The largest absolute Gasteiger partial charge is 0.352 e. The van der Waals surface area contributed by atoms with Crippen LogP contribution in [0.3, 0.4) is 0 Å². The molecule has 0 aliphatic heterocycles. The number of nitrogens with one attached hydrogen (secondary N) is 1. The molecule has 0 bridgehead atoms. The Morgan fingerprint density at radius 1 is 1.11 bits per heavy atom. The van der Waals surface area contributed by atoms with Crippen molar-refractivity contribution in [1.82, 2.24) is 10.2 Å². The van der Waals surface area contributed by atoms with Gasteiger partial charge in [0.05, 0.1) is 11.9 Å². The number of aryl methyl sites for hydroxylation is 1. The number of hydrogen-bond acceptors (Lipinski definition) is 4. The van der Waals surface area contributed by atoms with Crippen LogP contribution in [0.15, 0.2) is 48.5 Å². The van der Waals surface area contributed by atoms with Gasteiger partial charge in [-0.05, 0) is 49.9 Å². The van der Waals surface area contributed by atoms with Gasteiger partial charge in [-0.1, -0.05) is 55.7 Å². The Bertz CT molecular complexity index is 1150. The number of carbonyl (C=O) groups is 2. The first-order valence-electron chi connectivity index (χ1n) is 12.0. The molecule has 35 heavy (non-hydrogen) atoms. The Morgan fingerprint density at radius 3 is 2.40 bits per heavy atom. The van der Waals surface area contributed by atoms with E-state index in [1.807, 2.05) is 38.1 Å². The van der Waals surface area contributed by atoms with E-state index in [0.717, 1.165) is 53.4 Å². The second-order valence-corrected chi connectivity index (χ2v) is 11.1. The summed E-state index contributed by atoms with van der Waals surface area (Å²) in [5.74, 6) is -1.38. The third-order valence-electron chi connectivity index (χ3n) is 6.30. The number of amides is 2. The van der Waals surface area contributed by atoms with Crippen molar-refractivity contribution in [3.8, 4) is 0 Å². The van der Waals surface area contributed by atoms with Crippen LogP contribution in [0.25, 0.3) is 0 Å². The third kappa shape index (κ3) is 7.27. The molecule has 0 spiro atoms. The van der Waals surface area contributed by atoms with Gasteiger partial charge in [-0.15, -0.1) is 0 Å². The average Bonchev–Trinajstić information content (AvgIpc) is 3.29.